The third-order valence-corrected chi connectivity index (χ3v) is 2.00. The highest BCUT2D eigenvalue weighted by molar-refractivity contribution is 6.34. The Kier molecular flexibility index (Phi) is 2.78. The van der Waals surface area contributed by atoms with Crippen molar-refractivity contribution in [2.24, 2.45) is 0 Å². The number of hydrogen-bond donors (Lipinski definition) is 1. The van der Waals surface area contributed by atoms with Crippen molar-refractivity contribution in [1.29, 1.82) is 0 Å². The second-order valence-electron chi connectivity index (χ2n) is 2.83. The minimum atomic E-state index is -1.01. The van der Waals surface area contributed by atoms with Crippen molar-refractivity contribution in [3.63, 3.8) is 0 Å². The fourth-order valence-corrected chi connectivity index (χ4v) is 1.35. The Morgan fingerprint density at radius 1 is 1.46 bits per heavy atom. The summed E-state index contributed by atoms with van der Waals surface area (Å²) < 4.78 is 0. The van der Waals surface area contributed by atoms with Crippen molar-refractivity contribution < 1.29 is 9.90 Å². The van der Waals surface area contributed by atoms with E-state index in [1.807, 2.05) is 0 Å². The van der Waals surface area contributed by atoms with E-state index in [1.54, 1.807) is 37.2 Å². The van der Waals surface area contributed by atoms with Crippen LogP contribution in [0.1, 0.15) is 10.4 Å². The van der Waals surface area contributed by atoms with Crippen LogP contribution in [0.15, 0.2) is 18.2 Å². The van der Waals surface area contributed by atoms with E-state index < -0.39 is 5.97 Å². The lowest BCUT2D eigenvalue weighted by Crippen LogP contribution is -2.14. The summed E-state index contributed by atoms with van der Waals surface area (Å²) in [6.07, 6.45) is 0. The van der Waals surface area contributed by atoms with Crippen LogP contribution in [0.4, 0.5) is 5.69 Å². The minimum Gasteiger partial charge on any atom is -0.478 e. The lowest BCUT2D eigenvalue weighted by atomic mass is 10.1. The molecule has 1 rings (SSSR count). The summed E-state index contributed by atoms with van der Waals surface area (Å²) in [5, 5.41) is 9.15. The number of benzene rings is 1. The molecule has 3 nitrogen and oxygen atoms in total. The minimum absolute atomic E-state index is 0.147. The van der Waals surface area contributed by atoms with E-state index in [4.69, 9.17) is 16.7 Å². The van der Waals surface area contributed by atoms with Gasteiger partial charge in [0.15, 0.2) is 0 Å². The van der Waals surface area contributed by atoms with Gasteiger partial charge < -0.3 is 10.0 Å². The van der Waals surface area contributed by atoms with Crippen LogP contribution >= 0.6 is 11.6 Å². The van der Waals surface area contributed by atoms with Crippen molar-refractivity contribution in [2.75, 3.05) is 19.0 Å². The van der Waals surface area contributed by atoms with E-state index in [0.717, 1.165) is 0 Å². The summed E-state index contributed by atoms with van der Waals surface area (Å²) in [5.74, 6) is -1.01. The number of rotatable bonds is 2. The molecule has 0 aromatic heterocycles. The predicted molar refractivity (Wildman–Crippen MR) is 52.7 cm³/mol. The first-order valence-corrected chi connectivity index (χ1v) is 4.11. The van der Waals surface area contributed by atoms with Crippen LogP contribution in [0.2, 0.25) is 5.02 Å². The standard InChI is InChI=1S/C9H10ClNO2/c1-11(2)7-5-3-4-6(10)8(7)9(12)13/h3-5H,1-2H3,(H,12,13). The van der Waals surface area contributed by atoms with E-state index in [0.29, 0.717) is 5.69 Å². The number of halogens is 1. The molecule has 1 N–H and O–H groups in total. The van der Waals surface area contributed by atoms with Crippen molar-refractivity contribution in [1.82, 2.24) is 0 Å². The summed E-state index contributed by atoms with van der Waals surface area (Å²) in [6.45, 7) is 0. The third-order valence-electron chi connectivity index (χ3n) is 1.69. The molecule has 1 aromatic carbocycles. The molecule has 1 aromatic rings. The molecule has 0 saturated heterocycles. The Morgan fingerprint density at radius 3 is 2.46 bits per heavy atom. The molecule has 0 aliphatic heterocycles. The molecule has 0 saturated carbocycles. The average Bonchev–Trinajstić information content (AvgIpc) is 2.02. The molecule has 0 heterocycles. The Morgan fingerprint density at radius 2 is 2.08 bits per heavy atom. The molecule has 0 aliphatic carbocycles. The lowest BCUT2D eigenvalue weighted by molar-refractivity contribution is 0.0698. The Labute approximate surface area is 81.5 Å². The van der Waals surface area contributed by atoms with Crippen LogP contribution in [-0.4, -0.2) is 25.2 Å². The average molecular weight is 200 g/mol. The molecule has 70 valence electrons. The number of aromatic carboxylic acids is 1. The first-order chi connectivity index (χ1) is 6.04. The number of carboxylic acid groups (broad SMARTS) is 1. The summed E-state index contributed by atoms with van der Waals surface area (Å²) in [7, 11) is 3.55. The smallest absolute Gasteiger partial charge is 0.339 e. The molecule has 0 aliphatic rings. The van der Waals surface area contributed by atoms with Crippen molar-refractivity contribution in [3.05, 3.63) is 28.8 Å². The van der Waals surface area contributed by atoms with Gasteiger partial charge in [-0.2, -0.15) is 0 Å². The van der Waals surface area contributed by atoms with E-state index in [1.165, 1.54) is 0 Å². The molecule has 0 radical (unpaired) electrons. The van der Waals surface area contributed by atoms with Gasteiger partial charge in [-0.15, -0.1) is 0 Å². The predicted octanol–water partition coefficient (Wildman–Crippen LogP) is 2.10. The quantitative estimate of drug-likeness (QED) is 0.793. The number of anilines is 1. The Balaban J connectivity index is 3.34. The SMILES string of the molecule is CN(C)c1cccc(Cl)c1C(=O)O. The number of carboxylic acids is 1. The molecular weight excluding hydrogens is 190 g/mol. The second kappa shape index (κ2) is 3.66. The largest absolute Gasteiger partial charge is 0.478 e. The van der Waals surface area contributed by atoms with Crippen LogP contribution in [-0.2, 0) is 0 Å². The zero-order chi connectivity index (χ0) is 10.0. The van der Waals surface area contributed by atoms with Gasteiger partial charge >= 0.3 is 5.97 Å². The van der Waals surface area contributed by atoms with Gasteiger partial charge in [-0.05, 0) is 12.1 Å². The van der Waals surface area contributed by atoms with Crippen LogP contribution in [0.3, 0.4) is 0 Å². The summed E-state index contributed by atoms with van der Waals surface area (Å²) >= 11 is 5.76. The van der Waals surface area contributed by atoms with Crippen molar-refractivity contribution >= 4 is 23.3 Å². The van der Waals surface area contributed by atoms with Crippen molar-refractivity contribution in [2.45, 2.75) is 0 Å². The summed E-state index contributed by atoms with van der Waals surface area (Å²) in [6, 6.07) is 5.01. The summed E-state index contributed by atoms with van der Waals surface area (Å²) in [5.41, 5.74) is 0.758. The molecule has 0 amide bonds. The fraction of sp³-hybridized carbons (Fsp3) is 0.222. The first kappa shape index (κ1) is 9.86. The Bertz CT molecular complexity index is 336. The van der Waals surface area contributed by atoms with Gasteiger partial charge in [-0.3, -0.25) is 0 Å². The molecule has 0 fully saturated rings. The maximum absolute atomic E-state index is 10.8. The zero-order valence-corrected chi connectivity index (χ0v) is 8.17. The van der Waals surface area contributed by atoms with Gasteiger partial charge in [-0.25, -0.2) is 4.79 Å². The normalized spacial score (nSPS) is 9.77. The van der Waals surface area contributed by atoms with E-state index in [-0.39, 0.29) is 10.6 Å². The van der Waals surface area contributed by atoms with Gasteiger partial charge in [0, 0.05) is 14.1 Å². The summed E-state index contributed by atoms with van der Waals surface area (Å²) in [4.78, 5) is 12.6. The molecule has 0 atom stereocenters. The highest BCUT2D eigenvalue weighted by atomic mass is 35.5. The van der Waals surface area contributed by atoms with Gasteiger partial charge in [0.2, 0.25) is 0 Å². The lowest BCUT2D eigenvalue weighted by Gasteiger charge is -2.15. The first-order valence-electron chi connectivity index (χ1n) is 3.73. The molecule has 0 spiro atoms. The van der Waals surface area contributed by atoms with Crippen LogP contribution in [0.25, 0.3) is 0 Å². The maximum Gasteiger partial charge on any atom is 0.339 e. The Hall–Kier alpha value is -1.22. The molecule has 0 bridgehead atoms. The van der Waals surface area contributed by atoms with E-state index in [9.17, 15) is 4.79 Å². The van der Waals surface area contributed by atoms with Crippen LogP contribution < -0.4 is 4.90 Å². The maximum atomic E-state index is 10.8. The topological polar surface area (TPSA) is 40.5 Å². The molecule has 0 unspecified atom stereocenters. The van der Waals surface area contributed by atoms with Crippen LogP contribution in [0, 0.1) is 0 Å². The van der Waals surface area contributed by atoms with Gasteiger partial charge in [0.1, 0.15) is 5.56 Å². The van der Waals surface area contributed by atoms with Gasteiger partial charge in [-0.1, -0.05) is 17.7 Å². The van der Waals surface area contributed by atoms with E-state index >= 15 is 0 Å². The van der Waals surface area contributed by atoms with Crippen molar-refractivity contribution in [3.8, 4) is 0 Å². The van der Waals surface area contributed by atoms with Gasteiger partial charge in [0.05, 0.1) is 10.7 Å². The van der Waals surface area contributed by atoms with Crippen LogP contribution in [0.5, 0.6) is 0 Å². The highest BCUT2D eigenvalue weighted by Gasteiger charge is 2.14. The fourth-order valence-electron chi connectivity index (χ4n) is 1.10. The number of carbonyl (C=O) groups is 1. The van der Waals surface area contributed by atoms with Gasteiger partial charge in [0.25, 0.3) is 0 Å². The zero-order valence-electron chi connectivity index (χ0n) is 7.41. The molecule has 13 heavy (non-hydrogen) atoms. The number of nitrogens with zero attached hydrogens (tertiary/aromatic N) is 1. The number of hydrogen-bond acceptors (Lipinski definition) is 2. The second-order valence-corrected chi connectivity index (χ2v) is 3.24. The monoisotopic (exact) mass is 199 g/mol. The van der Waals surface area contributed by atoms with E-state index in [2.05, 4.69) is 0 Å². The molecule has 4 heteroatoms. The third kappa shape index (κ3) is 1.92. The highest BCUT2D eigenvalue weighted by Crippen LogP contribution is 2.25. The molecular formula is C9H10ClNO2.